The van der Waals surface area contributed by atoms with E-state index in [1.807, 2.05) is 38.1 Å². The molecule has 0 atom stereocenters. The molecule has 5 nitrogen and oxygen atoms in total. The zero-order valence-corrected chi connectivity index (χ0v) is 21.4. The molecule has 0 bridgehead atoms. The van der Waals surface area contributed by atoms with Gasteiger partial charge in [-0.15, -0.1) is 11.3 Å². The lowest BCUT2D eigenvalue weighted by Crippen LogP contribution is -2.32. The molecule has 0 radical (unpaired) electrons. The first-order valence-electron chi connectivity index (χ1n) is 11.1. The Balaban J connectivity index is 1.42. The summed E-state index contributed by atoms with van der Waals surface area (Å²) in [5.41, 5.74) is 4.86. The third kappa shape index (κ3) is 4.57. The van der Waals surface area contributed by atoms with Crippen LogP contribution < -0.4 is 10.2 Å². The molecule has 0 spiro atoms. The summed E-state index contributed by atoms with van der Waals surface area (Å²) >= 11 is 14.2. The summed E-state index contributed by atoms with van der Waals surface area (Å²) in [5, 5.41) is 4.70. The van der Waals surface area contributed by atoms with Crippen LogP contribution in [0.25, 0.3) is 11.3 Å². The number of rotatable bonds is 3. The highest BCUT2D eigenvalue weighted by Gasteiger charge is 2.28. The van der Waals surface area contributed by atoms with Crippen molar-refractivity contribution in [1.29, 1.82) is 0 Å². The Labute approximate surface area is 217 Å². The van der Waals surface area contributed by atoms with Crippen LogP contribution in [-0.2, 0) is 6.42 Å². The van der Waals surface area contributed by atoms with E-state index in [4.69, 9.17) is 28.2 Å². The number of halogens is 2. The number of carbonyl (C=O) groups excluding carboxylic acids is 2. The molecule has 35 heavy (non-hydrogen) atoms. The van der Waals surface area contributed by atoms with Gasteiger partial charge in [-0.2, -0.15) is 0 Å². The Hall–Kier alpha value is -3.19. The maximum atomic E-state index is 13.6. The van der Waals surface area contributed by atoms with Crippen LogP contribution in [0.15, 0.2) is 60.7 Å². The minimum absolute atomic E-state index is 0.194. The van der Waals surface area contributed by atoms with Crippen molar-refractivity contribution in [1.82, 2.24) is 4.98 Å². The zero-order chi connectivity index (χ0) is 24.7. The lowest BCUT2D eigenvalue weighted by molar-refractivity contribution is 0.0986. The van der Waals surface area contributed by atoms with E-state index in [2.05, 4.69) is 5.32 Å². The second-order valence-corrected chi connectivity index (χ2v) is 10.5. The predicted molar refractivity (Wildman–Crippen MR) is 143 cm³/mol. The highest BCUT2D eigenvalue weighted by Crippen LogP contribution is 2.39. The molecule has 0 fully saturated rings. The number of thiazole rings is 1. The van der Waals surface area contributed by atoms with Crippen molar-refractivity contribution in [2.24, 2.45) is 0 Å². The minimum atomic E-state index is -0.273. The smallest absolute Gasteiger partial charge is 0.259 e. The van der Waals surface area contributed by atoms with Gasteiger partial charge in [-0.05, 0) is 61.9 Å². The molecule has 0 saturated carbocycles. The van der Waals surface area contributed by atoms with Crippen molar-refractivity contribution >= 4 is 57.7 Å². The third-order valence-electron chi connectivity index (χ3n) is 5.95. The van der Waals surface area contributed by atoms with Crippen molar-refractivity contribution in [3.63, 3.8) is 0 Å². The predicted octanol–water partition coefficient (Wildman–Crippen LogP) is 7.19. The molecule has 0 unspecified atom stereocenters. The number of para-hydroxylation sites is 1. The number of hydrogen-bond acceptors (Lipinski definition) is 4. The van der Waals surface area contributed by atoms with Gasteiger partial charge in [-0.1, -0.05) is 41.4 Å². The monoisotopic (exact) mass is 521 g/mol. The Morgan fingerprint density at radius 2 is 1.77 bits per heavy atom. The van der Waals surface area contributed by atoms with Crippen LogP contribution in [0.2, 0.25) is 10.0 Å². The van der Waals surface area contributed by atoms with Crippen LogP contribution >= 0.6 is 34.5 Å². The van der Waals surface area contributed by atoms with E-state index in [1.54, 1.807) is 52.6 Å². The van der Waals surface area contributed by atoms with Crippen LogP contribution in [0.1, 0.15) is 36.2 Å². The number of nitrogens with one attached hydrogen (secondary N) is 1. The van der Waals surface area contributed by atoms with E-state index in [0.717, 1.165) is 27.5 Å². The van der Waals surface area contributed by atoms with Crippen molar-refractivity contribution in [3.05, 3.63) is 97.3 Å². The number of aromatic nitrogens is 1. The molecular weight excluding hydrogens is 501 g/mol. The summed E-state index contributed by atoms with van der Waals surface area (Å²) in [7, 11) is 0. The maximum Gasteiger partial charge on any atom is 0.259 e. The van der Waals surface area contributed by atoms with E-state index in [1.165, 1.54) is 4.88 Å². The lowest BCUT2D eigenvalue weighted by Gasteiger charge is -2.23. The van der Waals surface area contributed by atoms with Gasteiger partial charge in [0.2, 0.25) is 0 Å². The molecule has 5 rings (SSSR count). The molecular formula is C27H21Cl2N3O2S. The Bertz CT molecular complexity index is 1480. The molecule has 0 aliphatic carbocycles. The van der Waals surface area contributed by atoms with Gasteiger partial charge in [0.15, 0.2) is 0 Å². The molecule has 8 heteroatoms. The summed E-state index contributed by atoms with van der Waals surface area (Å²) in [6, 6.07) is 17.8. The van der Waals surface area contributed by atoms with E-state index in [0.29, 0.717) is 34.8 Å². The van der Waals surface area contributed by atoms with Gasteiger partial charge in [0.05, 0.1) is 27.0 Å². The fourth-order valence-electron chi connectivity index (χ4n) is 4.30. The summed E-state index contributed by atoms with van der Waals surface area (Å²) < 4.78 is 0. The molecule has 4 aromatic rings. The molecule has 2 heterocycles. The van der Waals surface area contributed by atoms with Crippen molar-refractivity contribution < 1.29 is 9.59 Å². The van der Waals surface area contributed by atoms with Gasteiger partial charge in [-0.3, -0.25) is 9.59 Å². The molecule has 1 aliphatic heterocycles. The van der Waals surface area contributed by atoms with E-state index < -0.39 is 0 Å². The minimum Gasteiger partial charge on any atom is -0.322 e. The normalized spacial score (nSPS) is 12.5. The van der Waals surface area contributed by atoms with Gasteiger partial charge in [0.25, 0.3) is 11.8 Å². The second-order valence-electron chi connectivity index (χ2n) is 8.34. The molecule has 176 valence electrons. The fraction of sp³-hybridized carbons (Fsp3) is 0.148. The summed E-state index contributed by atoms with van der Waals surface area (Å²) in [6.45, 7) is 4.35. The van der Waals surface area contributed by atoms with Crippen LogP contribution in [-0.4, -0.2) is 23.3 Å². The highest BCUT2D eigenvalue weighted by atomic mass is 35.5. The van der Waals surface area contributed by atoms with Crippen LogP contribution in [0.4, 0.5) is 11.4 Å². The topological polar surface area (TPSA) is 62.3 Å². The first-order chi connectivity index (χ1) is 16.8. The Kier molecular flexibility index (Phi) is 6.36. The number of amides is 2. The van der Waals surface area contributed by atoms with Gasteiger partial charge in [0, 0.05) is 39.7 Å². The van der Waals surface area contributed by atoms with Gasteiger partial charge >= 0.3 is 0 Å². The molecule has 1 aromatic heterocycles. The molecule has 0 saturated heterocycles. The average molecular weight is 522 g/mol. The van der Waals surface area contributed by atoms with Crippen molar-refractivity contribution in [2.45, 2.75) is 20.3 Å². The number of aryl methyl sites for hydroxylation is 2. The standard InChI is InChI=1S/C27H21Cl2N3O2S/c1-15-13-17(28)7-9-19(15)26(33)31-18-8-10-20(22(29)14-18)27(34)32-12-11-24-25(30-16(2)35-24)21-5-3-4-6-23(21)32/h3-10,13-14H,11-12H2,1-2H3,(H,31,33). The first kappa shape index (κ1) is 23.5. The summed E-state index contributed by atoms with van der Waals surface area (Å²) in [6.07, 6.45) is 0.716. The quantitative estimate of drug-likeness (QED) is 0.310. The van der Waals surface area contributed by atoms with Gasteiger partial charge < -0.3 is 10.2 Å². The first-order valence-corrected chi connectivity index (χ1v) is 12.6. The molecule has 3 aromatic carbocycles. The summed E-state index contributed by atoms with van der Waals surface area (Å²) in [5.74, 6) is -0.467. The molecule has 1 aliphatic rings. The number of anilines is 2. The number of nitrogens with zero attached hydrogens (tertiary/aromatic N) is 2. The van der Waals surface area contributed by atoms with Crippen molar-refractivity contribution in [2.75, 3.05) is 16.8 Å². The fourth-order valence-corrected chi connectivity index (χ4v) is 5.72. The number of benzene rings is 3. The van der Waals surface area contributed by atoms with Gasteiger partial charge in [0.1, 0.15) is 0 Å². The van der Waals surface area contributed by atoms with E-state index in [-0.39, 0.29) is 16.8 Å². The van der Waals surface area contributed by atoms with Crippen LogP contribution in [0, 0.1) is 13.8 Å². The lowest BCUT2D eigenvalue weighted by atomic mass is 10.1. The number of fused-ring (bicyclic) bond motifs is 3. The van der Waals surface area contributed by atoms with E-state index >= 15 is 0 Å². The zero-order valence-electron chi connectivity index (χ0n) is 19.1. The van der Waals surface area contributed by atoms with Gasteiger partial charge in [-0.25, -0.2) is 4.98 Å². The highest BCUT2D eigenvalue weighted by molar-refractivity contribution is 7.12. The van der Waals surface area contributed by atoms with Crippen LogP contribution in [0.5, 0.6) is 0 Å². The second kappa shape index (κ2) is 9.46. The average Bonchev–Trinajstić information content (AvgIpc) is 3.12. The SMILES string of the molecule is Cc1nc2c(s1)CCN(C(=O)c1ccc(NC(=O)c3ccc(Cl)cc3C)cc1Cl)c1ccccc1-2. The van der Waals surface area contributed by atoms with Crippen LogP contribution in [0.3, 0.4) is 0 Å². The molecule has 1 N–H and O–H groups in total. The summed E-state index contributed by atoms with van der Waals surface area (Å²) in [4.78, 5) is 34.0. The maximum absolute atomic E-state index is 13.6. The Morgan fingerprint density at radius 1 is 1.00 bits per heavy atom. The number of carbonyl (C=O) groups is 2. The van der Waals surface area contributed by atoms with Crippen molar-refractivity contribution in [3.8, 4) is 11.3 Å². The third-order valence-corrected chi connectivity index (χ3v) is 7.53. The number of hydrogen-bond donors (Lipinski definition) is 1. The molecule has 2 amide bonds. The Morgan fingerprint density at radius 3 is 2.54 bits per heavy atom. The largest absolute Gasteiger partial charge is 0.322 e. The van der Waals surface area contributed by atoms with E-state index in [9.17, 15) is 9.59 Å².